The second-order valence-corrected chi connectivity index (χ2v) is 5.96. The molecule has 0 spiro atoms. The molecule has 4 nitrogen and oxygen atoms in total. The first-order chi connectivity index (χ1) is 8.99. The van der Waals surface area contributed by atoms with E-state index in [4.69, 9.17) is 5.73 Å². The van der Waals surface area contributed by atoms with Crippen LogP contribution in [0.2, 0.25) is 0 Å². The van der Waals surface area contributed by atoms with E-state index in [1.165, 1.54) is 4.88 Å². The van der Waals surface area contributed by atoms with Gasteiger partial charge >= 0.3 is 0 Å². The van der Waals surface area contributed by atoms with E-state index in [-0.39, 0.29) is 12.0 Å². The summed E-state index contributed by atoms with van der Waals surface area (Å²) in [6.45, 7) is 8.20. The number of anilines is 2. The van der Waals surface area contributed by atoms with Crippen molar-refractivity contribution in [3.05, 3.63) is 33.8 Å². The molecule has 0 aliphatic rings. The van der Waals surface area contributed by atoms with Gasteiger partial charge in [0.05, 0.1) is 6.04 Å². The molecule has 2 aromatic rings. The third-order valence-corrected chi connectivity index (χ3v) is 4.10. The molecule has 19 heavy (non-hydrogen) atoms. The van der Waals surface area contributed by atoms with E-state index in [2.05, 4.69) is 53.6 Å². The zero-order chi connectivity index (χ0) is 14.0. The Morgan fingerprint density at radius 2 is 2.00 bits per heavy atom. The van der Waals surface area contributed by atoms with Gasteiger partial charge in [0.2, 0.25) is 0 Å². The number of nitrogens with one attached hydrogen (secondary N) is 1. The molecule has 0 aliphatic heterocycles. The molecule has 2 aromatic heterocycles. The van der Waals surface area contributed by atoms with Crippen LogP contribution < -0.4 is 11.1 Å². The van der Waals surface area contributed by atoms with Gasteiger partial charge < -0.3 is 11.1 Å². The fraction of sp³-hybridized carbons (Fsp3) is 0.429. The van der Waals surface area contributed by atoms with Gasteiger partial charge in [0.25, 0.3) is 0 Å². The summed E-state index contributed by atoms with van der Waals surface area (Å²) in [4.78, 5) is 10.2. The number of nitrogens with two attached hydrogens (primary N) is 1. The van der Waals surface area contributed by atoms with E-state index < -0.39 is 0 Å². The van der Waals surface area contributed by atoms with Crippen molar-refractivity contribution >= 4 is 23.0 Å². The van der Waals surface area contributed by atoms with Crippen LogP contribution in [0.25, 0.3) is 0 Å². The number of rotatable bonds is 4. The van der Waals surface area contributed by atoms with Crippen LogP contribution in [-0.2, 0) is 0 Å². The minimum atomic E-state index is 0.216. The van der Waals surface area contributed by atoms with Crippen LogP contribution in [0, 0.1) is 6.92 Å². The number of nitrogens with zero attached hydrogens (tertiary/aromatic N) is 2. The average Bonchev–Trinajstić information content (AvgIpc) is 2.88. The first kappa shape index (κ1) is 13.8. The fourth-order valence-electron chi connectivity index (χ4n) is 1.76. The molecule has 5 heteroatoms. The van der Waals surface area contributed by atoms with Gasteiger partial charge in [-0.1, -0.05) is 19.9 Å². The molecule has 1 unspecified atom stereocenters. The molecule has 0 bridgehead atoms. The maximum Gasteiger partial charge on any atom is 0.135 e. The Labute approximate surface area is 118 Å². The van der Waals surface area contributed by atoms with E-state index in [0.29, 0.717) is 5.82 Å². The summed E-state index contributed by atoms with van der Waals surface area (Å²) in [7, 11) is 0. The molecule has 0 aromatic carbocycles. The van der Waals surface area contributed by atoms with E-state index in [1.54, 1.807) is 11.3 Å². The minimum absolute atomic E-state index is 0.216. The number of thiophene rings is 1. The number of nitrogen functional groups attached to an aromatic ring is 1. The number of hydrogen-bond donors (Lipinski definition) is 2. The van der Waals surface area contributed by atoms with Gasteiger partial charge in [0.1, 0.15) is 17.5 Å². The van der Waals surface area contributed by atoms with Crippen molar-refractivity contribution in [2.75, 3.05) is 11.1 Å². The van der Waals surface area contributed by atoms with Crippen LogP contribution in [-0.4, -0.2) is 9.97 Å². The standard InChI is InChI=1S/C14H20N4S/c1-8(2)13-17-12(15)9(3)14(18-13)16-10(4)11-6-5-7-19-11/h5-8,10H,1-4H3,(H3,15,16,17,18). The van der Waals surface area contributed by atoms with Crippen LogP contribution in [0.15, 0.2) is 17.5 Å². The second kappa shape index (κ2) is 5.57. The molecular weight excluding hydrogens is 256 g/mol. The van der Waals surface area contributed by atoms with Crippen LogP contribution >= 0.6 is 11.3 Å². The van der Waals surface area contributed by atoms with Gasteiger partial charge in [0.15, 0.2) is 0 Å². The number of hydrogen-bond acceptors (Lipinski definition) is 5. The van der Waals surface area contributed by atoms with Crippen molar-refractivity contribution in [1.82, 2.24) is 9.97 Å². The summed E-state index contributed by atoms with van der Waals surface area (Å²) in [5, 5.41) is 5.51. The van der Waals surface area contributed by atoms with Crippen LogP contribution in [0.3, 0.4) is 0 Å². The third-order valence-electron chi connectivity index (χ3n) is 3.04. The van der Waals surface area contributed by atoms with Crippen molar-refractivity contribution in [3.8, 4) is 0 Å². The van der Waals surface area contributed by atoms with Gasteiger partial charge in [-0.25, -0.2) is 9.97 Å². The summed E-state index contributed by atoms with van der Waals surface area (Å²) in [5.74, 6) is 2.43. The van der Waals surface area contributed by atoms with Gasteiger partial charge in [-0.15, -0.1) is 11.3 Å². The average molecular weight is 276 g/mol. The molecular formula is C14H20N4S. The van der Waals surface area contributed by atoms with Crippen LogP contribution in [0.4, 0.5) is 11.6 Å². The molecule has 0 amide bonds. The fourth-order valence-corrected chi connectivity index (χ4v) is 2.50. The van der Waals surface area contributed by atoms with Gasteiger partial charge in [-0.2, -0.15) is 0 Å². The highest BCUT2D eigenvalue weighted by atomic mass is 32.1. The maximum atomic E-state index is 5.97. The first-order valence-electron chi connectivity index (χ1n) is 6.43. The molecule has 102 valence electrons. The maximum absolute atomic E-state index is 5.97. The zero-order valence-corrected chi connectivity index (χ0v) is 12.6. The molecule has 2 heterocycles. The molecule has 2 rings (SSSR count). The molecule has 3 N–H and O–H groups in total. The lowest BCUT2D eigenvalue weighted by molar-refractivity contribution is 0.769. The van der Waals surface area contributed by atoms with E-state index in [0.717, 1.165) is 17.2 Å². The third kappa shape index (κ3) is 3.04. The van der Waals surface area contributed by atoms with Gasteiger partial charge in [-0.3, -0.25) is 0 Å². The Morgan fingerprint density at radius 1 is 1.26 bits per heavy atom. The predicted octanol–water partition coefficient (Wildman–Crippen LogP) is 3.73. The lowest BCUT2D eigenvalue weighted by Gasteiger charge is -2.17. The predicted molar refractivity (Wildman–Crippen MR) is 81.6 cm³/mol. The molecule has 0 saturated heterocycles. The van der Waals surface area contributed by atoms with E-state index in [9.17, 15) is 0 Å². The molecule has 1 atom stereocenters. The van der Waals surface area contributed by atoms with Crippen molar-refractivity contribution in [2.45, 2.75) is 39.7 Å². The van der Waals surface area contributed by atoms with Crippen LogP contribution in [0.1, 0.15) is 49.0 Å². The molecule has 0 fully saturated rings. The number of aromatic nitrogens is 2. The first-order valence-corrected chi connectivity index (χ1v) is 7.31. The summed E-state index contributed by atoms with van der Waals surface area (Å²) in [6, 6.07) is 4.39. The van der Waals surface area contributed by atoms with E-state index >= 15 is 0 Å². The summed E-state index contributed by atoms with van der Waals surface area (Å²) in [5.41, 5.74) is 6.88. The molecule has 0 saturated carbocycles. The van der Waals surface area contributed by atoms with Crippen molar-refractivity contribution < 1.29 is 0 Å². The van der Waals surface area contributed by atoms with Gasteiger partial charge in [-0.05, 0) is 25.3 Å². The Balaban J connectivity index is 2.29. The van der Waals surface area contributed by atoms with E-state index in [1.807, 2.05) is 6.92 Å². The Bertz CT molecular complexity index is 549. The Kier molecular flexibility index (Phi) is 4.04. The molecule has 0 radical (unpaired) electrons. The highest BCUT2D eigenvalue weighted by Gasteiger charge is 2.14. The smallest absolute Gasteiger partial charge is 0.135 e. The molecule has 0 aliphatic carbocycles. The lowest BCUT2D eigenvalue weighted by Crippen LogP contribution is -2.12. The normalized spacial score (nSPS) is 12.7. The van der Waals surface area contributed by atoms with Crippen LogP contribution in [0.5, 0.6) is 0 Å². The highest BCUT2D eigenvalue weighted by Crippen LogP contribution is 2.26. The largest absolute Gasteiger partial charge is 0.383 e. The minimum Gasteiger partial charge on any atom is -0.383 e. The highest BCUT2D eigenvalue weighted by molar-refractivity contribution is 7.10. The topological polar surface area (TPSA) is 63.8 Å². The second-order valence-electron chi connectivity index (χ2n) is 4.98. The quantitative estimate of drug-likeness (QED) is 0.893. The summed E-state index contributed by atoms with van der Waals surface area (Å²) in [6.07, 6.45) is 0. The van der Waals surface area contributed by atoms with Crippen molar-refractivity contribution in [1.29, 1.82) is 0 Å². The van der Waals surface area contributed by atoms with Gasteiger partial charge in [0, 0.05) is 16.4 Å². The Hall–Kier alpha value is -1.62. The summed E-state index contributed by atoms with van der Waals surface area (Å²) >= 11 is 1.73. The SMILES string of the molecule is Cc1c(N)nc(C(C)C)nc1NC(C)c1cccs1. The summed E-state index contributed by atoms with van der Waals surface area (Å²) < 4.78 is 0. The Morgan fingerprint density at radius 3 is 2.58 bits per heavy atom. The zero-order valence-electron chi connectivity index (χ0n) is 11.8. The van der Waals surface area contributed by atoms with Crippen molar-refractivity contribution in [2.24, 2.45) is 0 Å². The van der Waals surface area contributed by atoms with Crippen molar-refractivity contribution in [3.63, 3.8) is 0 Å². The lowest BCUT2D eigenvalue weighted by atomic mass is 10.2. The monoisotopic (exact) mass is 276 g/mol.